The van der Waals surface area contributed by atoms with Gasteiger partial charge >= 0.3 is 5.97 Å². The van der Waals surface area contributed by atoms with Crippen molar-refractivity contribution in [2.45, 2.75) is 19.8 Å². The first kappa shape index (κ1) is 14.0. The van der Waals surface area contributed by atoms with Crippen molar-refractivity contribution in [2.75, 3.05) is 19.5 Å². The number of methoxy groups -OCH3 is 2. The van der Waals surface area contributed by atoms with Gasteiger partial charge in [-0.05, 0) is 24.6 Å². The van der Waals surface area contributed by atoms with Crippen molar-refractivity contribution in [3.63, 3.8) is 0 Å². The van der Waals surface area contributed by atoms with E-state index in [9.17, 15) is 9.59 Å². The van der Waals surface area contributed by atoms with Gasteiger partial charge in [0, 0.05) is 6.42 Å². The molecule has 0 atom stereocenters. The minimum Gasteiger partial charge on any atom is -0.495 e. The molecule has 0 bridgehead atoms. The summed E-state index contributed by atoms with van der Waals surface area (Å²) in [6.07, 6.45) is 0.153. The zero-order valence-corrected chi connectivity index (χ0v) is 10.8. The predicted molar refractivity (Wildman–Crippen MR) is 67.6 cm³/mol. The molecule has 0 aliphatic heterocycles. The summed E-state index contributed by atoms with van der Waals surface area (Å²) in [6.45, 7) is 1.92. The van der Waals surface area contributed by atoms with Crippen LogP contribution in [0.2, 0.25) is 0 Å². The van der Waals surface area contributed by atoms with E-state index in [4.69, 9.17) is 4.74 Å². The number of carbonyl (C=O) groups excluding carboxylic acids is 2. The Balaban J connectivity index is 2.63. The summed E-state index contributed by atoms with van der Waals surface area (Å²) in [6, 6.07) is 5.49. The third-order valence-corrected chi connectivity index (χ3v) is 2.41. The van der Waals surface area contributed by atoms with Gasteiger partial charge in [0.25, 0.3) is 0 Å². The number of rotatable bonds is 5. The normalized spacial score (nSPS) is 9.72. The fraction of sp³-hybridized carbons (Fsp3) is 0.385. The number of esters is 1. The van der Waals surface area contributed by atoms with Crippen molar-refractivity contribution < 1.29 is 19.1 Å². The number of nitrogens with one attached hydrogen (secondary N) is 1. The highest BCUT2D eigenvalue weighted by Gasteiger charge is 2.10. The molecule has 1 N–H and O–H groups in total. The number of ether oxygens (including phenoxy) is 2. The summed E-state index contributed by atoms with van der Waals surface area (Å²) in [5.74, 6) is -0.0577. The molecule has 0 aliphatic carbocycles. The quantitative estimate of drug-likeness (QED) is 0.812. The Morgan fingerprint density at radius 1 is 1.22 bits per heavy atom. The zero-order valence-electron chi connectivity index (χ0n) is 10.8. The number of anilines is 1. The smallest absolute Gasteiger partial charge is 0.306 e. The Morgan fingerprint density at radius 2 is 1.94 bits per heavy atom. The van der Waals surface area contributed by atoms with Gasteiger partial charge in [0.2, 0.25) is 5.91 Å². The number of amides is 1. The second-order valence-corrected chi connectivity index (χ2v) is 3.83. The van der Waals surface area contributed by atoms with Crippen molar-refractivity contribution in [3.05, 3.63) is 23.8 Å². The first-order valence-electron chi connectivity index (χ1n) is 5.58. The fourth-order valence-corrected chi connectivity index (χ4v) is 1.45. The van der Waals surface area contributed by atoms with Crippen LogP contribution in [0.1, 0.15) is 18.4 Å². The van der Waals surface area contributed by atoms with Crippen LogP contribution in [0.15, 0.2) is 18.2 Å². The molecule has 0 aromatic heterocycles. The largest absolute Gasteiger partial charge is 0.495 e. The van der Waals surface area contributed by atoms with E-state index in [1.807, 2.05) is 19.1 Å². The van der Waals surface area contributed by atoms with Gasteiger partial charge in [-0.1, -0.05) is 6.07 Å². The Bertz CT molecular complexity index is 443. The summed E-state index contributed by atoms with van der Waals surface area (Å²) < 4.78 is 9.61. The topological polar surface area (TPSA) is 64.6 Å². The van der Waals surface area contributed by atoms with Crippen LogP contribution < -0.4 is 10.1 Å². The maximum Gasteiger partial charge on any atom is 0.306 e. The standard InChI is InChI=1S/C13H17NO4/c1-9-4-5-11(17-2)10(8-9)14-12(15)6-7-13(16)18-3/h4-5,8H,6-7H2,1-3H3,(H,14,15). The van der Waals surface area contributed by atoms with Crippen molar-refractivity contribution >= 4 is 17.6 Å². The molecule has 0 radical (unpaired) electrons. The summed E-state index contributed by atoms with van der Waals surface area (Å²) in [4.78, 5) is 22.6. The van der Waals surface area contributed by atoms with E-state index in [0.717, 1.165) is 5.56 Å². The van der Waals surface area contributed by atoms with Crippen LogP contribution in [0.25, 0.3) is 0 Å². The predicted octanol–water partition coefficient (Wildman–Crippen LogP) is 1.90. The third-order valence-electron chi connectivity index (χ3n) is 2.41. The number of hydrogen-bond acceptors (Lipinski definition) is 4. The van der Waals surface area contributed by atoms with Gasteiger partial charge < -0.3 is 14.8 Å². The first-order valence-corrected chi connectivity index (χ1v) is 5.58. The van der Waals surface area contributed by atoms with Gasteiger partial charge in [-0.2, -0.15) is 0 Å². The van der Waals surface area contributed by atoms with Crippen LogP contribution in [0.3, 0.4) is 0 Å². The third kappa shape index (κ3) is 4.08. The molecule has 0 saturated heterocycles. The molecule has 0 spiro atoms. The van der Waals surface area contributed by atoms with Crippen LogP contribution in [0.4, 0.5) is 5.69 Å². The average molecular weight is 251 g/mol. The maximum absolute atomic E-state index is 11.6. The highest BCUT2D eigenvalue weighted by atomic mass is 16.5. The molecule has 1 amide bonds. The van der Waals surface area contributed by atoms with Crippen LogP contribution >= 0.6 is 0 Å². The van der Waals surface area contributed by atoms with Gasteiger partial charge in [-0.3, -0.25) is 9.59 Å². The van der Waals surface area contributed by atoms with E-state index in [0.29, 0.717) is 11.4 Å². The molecule has 98 valence electrons. The van der Waals surface area contributed by atoms with E-state index in [1.54, 1.807) is 6.07 Å². The van der Waals surface area contributed by atoms with Crippen LogP contribution in [0, 0.1) is 6.92 Å². The van der Waals surface area contributed by atoms with Crippen molar-refractivity contribution in [3.8, 4) is 5.75 Å². The molecule has 18 heavy (non-hydrogen) atoms. The minimum absolute atomic E-state index is 0.0659. The van der Waals surface area contributed by atoms with E-state index >= 15 is 0 Å². The van der Waals surface area contributed by atoms with Crippen LogP contribution in [-0.4, -0.2) is 26.1 Å². The summed E-state index contributed by atoms with van der Waals surface area (Å²) in [5.41, 5.74) is 1.62. The average Bonchev–Trinajstić information content (AvgIpc) is 2.36. The lowest BCUT2D eigenvalue weighted by Crippen LogP contribution is -2.14. The molecule has 5 nitrogen and oxygen atoms in total. The first-order chi connectivity index (χ1) is 8.56. The highest BCUT2D eigenvalue weighted by molar-refractivity contribution is 5.94. The number of benzene rings is 1. The second-order valence-electron chi connectivity index (χ2n) is 3.83. The Labute approximate surface area is 106 Å². The second kappa shape index (κ2) is 6.64. The Kier molecular flexibility index (Phi) is 5.17. The molecule has 0 unspecified atom stereocenters. The fourth-order valence-electron chi connectivity index (χ4n) is 1.45. The molecule has 0 fully saturated rings. The Hall–Kier alpha value is -2.04. The van der Waals surface area contributed by atoms with Gasteiger partial charge in [-0.25, -0.2) is 0 Å². The summed E-state index contributed by atoms with van der Waals surface area (Å²) in [5, 5.41) is 2.71. The van der Waals surface area contributed by atoms with Crippen LogP contribution in [0.5, 0.6) is 5.75 Å². The number of aryl methyl sites for hydroxylation is 1. The molecule has 5 heteroatoms. The van der Waals surface area contributed by atoms with Gasteiger partial charge in [-0.15, -0.1) is 0 Å². The van der Waals surface area contributed by atoms with Gasteiger partial charge in [0.15, 0.2) is 0 Å². The number of carbonyl (C=O) groups is 2. The molecule has 1 aromatic rings. The van der Waals surface area contributed by atoms with E-state index in [-0.39, 0.29) is 18.7 Å². The Morgan fingerprint density at radius 3 is 2.56 bits per heavy atom. The van der Waals surface area contributed by atoms with Crippen molar-refractivity contribution in [1.29, 1.82) is 0 Å². The number of hydrogen-bond donors (Lipinski definition) is 1. The lowest BCUT2D eigenvalue weighted by molar-refractivity contribution is -0.141. The molecule has 1 rings (SSSR count). The summed E-state index contributed by atoms with van der Waals surface area (Å²) in [7, 11) is 2.83. The van der Waals surface area contributed by atoms with Crippen molar-refractivity contribution in [1.82, 2.24) is 0 Å². The van der Waals surface area contributed by atoms with Crippen LogP contribution in [-0.2, 0) is 14.3 Å². The monoisotopic (exact) mass is 251 g/mol. The van der Waals surface area contributed by atoms with Gasteiger partial charge in [0.05, 0.1) is 26.3 Å². The van der Waals surface area contributed by atoms with E-state index < -0.39 is 5.97 Å². The molecule has 0 saturated carbocycles. The summed E-state index contributed by atoms with van der Waals surface area (Å²) >= 11 is 0. The molecular weight excluding hydrogens is 234 g/mol. The molecular formula is C13H17NO4. The molecule has 0 heterocycles. The lowest BCUT2D eigenvalue weighted by Gasteiger charge is -2.10. The highest BCUT2D eigenvalue weighted by Crippen LogP contribution is 2.25. The van der Waals surface area contributed by atoms with E-state index in [2.05, 4.69) is 10.1 Å². The SMILES string of the molecule is COC(=O)CCC(=O)Nc1cc(C)ccc1OC. The lowest BCUT2D eigenvalue weighted by atomic mass is 10.2. The maximum atomic E-state index is 11.6. The van der Waals surface area contributed by atoms with Gasteiger partial charge in [0.1, 0.15) is 5.75 Å². The molecule has 1 aromatic carbocycles. The minimum atomic E-state index is -0.402. The van der Waals surface area contributed by atoms with E-state index in [1.165, 1.54) is 14.2 Å². The molecule has 0 aliphatic rings. The van der Waals surface area contributed by atoms with Crippen molar-refractivity contribution in [2.24, 2.45) is 0 Å². The zero-order chi connectivity index (χ0) is 13.5.